The zero-order valence-electron chi connectivity index (χ0n) is 20.7. The lowest BCUT2D eigenvalue weighted by molar-refractivity contribution is -0.157. The molecule has 0 bridgehead atoms. The van der Waals surface area contributed by atoms with Crippen LogP contribution in [-0.2, 0) is 20.9 Å². The molecular formula is C25H34N2O6. The highest BCUT2D eigenvalue weighted by Crippen LogP contribution is 2.30. The molecule has 1 aromatic carbocycles. The van der Waals surface area contributed by atoms with Crippen molar-refractivity contribution in [3.8, 4) is 11.5 Å². The fourth-order valence-electron chi connectivity index (χ4n) is 3.51. The fraction of sp³-hybridized carbons (Fsp3) is 0.480. The number of hydrogen-bond donors (Lipinski definition) is 0. The van der Waals surface area contributed by atoms with E-state index in [2.05, 4.69) is 5.16 Å². The van der Waals surface area contributed by atoms with Crippen molar-refractivity contribution >= 4 is 18.0 Å². The zero-order valence-corrected chi connectivity index (χ0v) is 20.7. The highest BCUT2D eigenvalue weighted by Gasteiger charge is 2.27. The standard InChI is InChI=1S/C25H34N2O6/c1-15(2)27(16(3)4)25(29)19(7)32-24(28)12-10-20-9-11-22(23(13-20)30-8)31-14-21-17(5)26-33-18(21)6/h9-13,15-16,19H,14H2,1-8H3/b12-10+. The van der Waals surface area contributed by atoms with E-state index in [0.717, 1.165) is 16.8 Å². The third-order valence-corrected chi connectivity index (χ3v) is 5.16. The number of aromatic nitrogens is 1. The summed E-state index contributed by atoms with van der Waals surface area (Å²) < 4.78 is 21.8. The number of carbonyl (C=O) groups is 2. The van der Waals surface area contributed by atoms with Gasteiger partial charge in [-0.1, -0.05) is 11.2 Å². The molecule has 0 aliphatic heterocycles. The lowest BCUT2D eigenvalue weighted by atomic mass is 10.2. The highest BCUT2D eigenvalue weighted by molar-refractivity contribution is 5.90. The molecule has 0 saturated carbocycles. The van der Waals surface area contributed by atoms with Gasteiger partial charge in [0.1, 0.15) is 12.4 Å². The van der Waals surface area contributed by atoms with Crippen molar-refractivity contribution in [2.75, 3.05) is 7.11 Å². The molecule has 0 radical (unpaired) electrons. The quantitative estimate of drug-likeness (QED) is 0.383. The average molecular weight is 459 g/mol. The summed E-state index contributed by atoms with van der Waals surface area (Å²) in [5.41, 5.74) is 2.39. The normalized spacial score (nSPS) is 12.3. The Kier molecular flexibility index (Phi) is 9.08. The minimum atomic E-state index is -0.874. The van der Waals surface area contributed by atoms with Gasteiger partial charge in [-0.15, -0.1) is 0 Å². The first-order valence-electron chi connectivity index (χ1n) is 11.0. The van der Waals surface area contributed by atoms with E-state index in [9.17, 15) is 9.59 Å². The van der Waals surface area contributed by atoms with E-state index in [4.69, 9.17) is 18.7 Å². The topological polar surface area (TPSA) is 91.1 Å². The second kappa shape index (κ2) is 11.5. The van der Waals surface area contributed by atoms with Crippen LogP contribution in [0, 0.1) is 13.8 Å². The first-order valence-corrected chi connectivity index (χ1v) is 11.0. The van der Waals surface area contributed by atoms with Gasteiger partial charge in [0.2, 0.25) is 0 Å². The molecule has 1 unspecified atom stereocenters. The summed E-state index contributed by atoms with van der Waals surface area (Å²) in [6.07, 6.45) is 2.02. The van der Waals surface area contributed by atoms with Gasteiger partial charge in [0.15, 0.2) is 17.6 Å². The molecule has 180 valence electrons. The summed E-state index contributed by atoms with van der Waals surface area (Å²) in [7, 11) is 1.54. The van der Waals surface area contributed by atoms with Crippen molar-refractivity contribution in [3.05, 3.63) is 46.9 Å². The number of amides is 1. The van der Waals surface area contributed by atoms with Crippen LogP contribution in [0.15, 0.2) is 28.8 Å². The number of methoxy groups -OCH3 is 1. The Morgan fingerprint density at radius 3 is 2.30 bits per heavy atom. The zero-order chi connectivity index (χ0) is 24.7. The molecule has 2 aromatic rings. The van der Waals surface area contributed by atoms with Crippen LogP contribution in [0.2, 0.25) is 0 Å². The summed E-state index contributed by atoms with van der Waals surface area (Å²) in [5.74, 6) is 0.968. The molecule has 2 rings (SSSR count). The number of rotatable bonds is 10. The molecule has 0 aliphatic carbocycles. The fourth-order valence-corrected chi connectivity index (χ4v) is 3.51. The number of ether oxygens (including phenoxy) is 3. The van der Waals surface area contributed by atoms with E-state index in [0.29, 0.717) is 23.9 Å². The van der Waals surface area contributed by atoms with Crippen LogP contribution in [0.5, 0.6) is 11.5 Å². The van der Waals surface area contributed by atoms with Gasteiger partial charge in [-0.25, -0.2) is 4.79 Å². The first kappa shape index (κ1) is 26.0. The molecule has 1 atom stereocenters. The summed E-state index contributed by atoms with van der Waals surface area (Å²) >= 11 is 0. The molecule has 0 spiro atoms. The second-order valence-electron chi connectivity index (χ2n) is 8.35. The summed E-state index contributed by atoms with van der Waals surface area (Å²) in [5, 5.41) is 3.92. The van der Waals surface area contributed by atoms with Gasteiger partial charge in [0.25, 0.3) is 5.91 Å². The van der Waals surface area contributed by atoms with Crippen molar-refractivity contribution < 1.29 is 28.3 Å². The van der Waals surface area contributed by atoms with Crippen LogP contribution in [0.1, 0.15) is 57.2 Å². The molecule has 1 heterocycles. The number of aryl methyl sites for hydroxylation is 2. The SMILES string of the molecule is COc1cc(/C=C/C(=O)OC(C)C(=O)N(C(C)C)C(C)C)ccc1OCc1c(C)noc1C. The number of nitrogens with zero attached hydrogens (tertiary/aromatic N) is 2. The van der Waals surface area contributed by atoms with Crippen LogP contribution in [0.25, 0.3) is 6.08 Å². The lowest BCUT2D eigenvalue weighted by Gasteiger charge is -2.32. The Balaban J connectivity index is 2.02. The molecule has 1 aromatic heterocycles. The van der Waals surface area contributed by atoms with Crippen LogP contribution in [0.3, 0.4) is 0 Å². The van der Waals surface area contributed by atoms with Crippen LogP contribution >= 0.6 is 0 Å². The third kappa shape index (κ3) is 6.84. The number of esters is 1. The Bertz CT molecular complexity index is 965. The Morgan fingerprint density at radius 2 is 1.76 bits per heavy atom. The highest BCUT2D eigenvalue weighted by atomic mass is 16.5. The van der Waals surface area contributed by atoms with Gasteiger partial charge in [0.05, 0.1) is 18.4 Å². The second-order valence-corrected chi connectivity index (χ2v) is 8.35. The van der Waals surface area contributed by atoms with Gasteiger partial charge in [-0.05, 0) is 72.2 Å². The minimum Gasteiger partial charge on any atom is -0.493 e. The van der Waals surface area contributed by atoms with E-state index < -0.39 is 12.1 Å². The van der Waals surface area contributed by atoms with Gasteiger partial charge in [-0.2, -0.15) is 0 Å². The lowest BCUT2D eigenvalue weighted by Crippen LogP contribution is -2.47. The number of hydrogen-bond acceptors (Lipinski definition) is 7. The van der Waals surface area contributed by atoms with Crippen molar-refractivity contribution in [1.82, 2.24) is 10.1 Å². The predicted molar refractivity (Wildman–Crippen MR) is 125 cm³/mol. The van der Waals surface area contributed by atoms with Gasteiger partial charge in [-0.3, -0.25) is 4.79 Å². The Hall–Kier alpha value is -3.29. The molecule has 33 heavy (non-hydrogen) atoms. The maximum Gasteiger partial charge on any atom is 0.331 e. The van der Waals surface area contributed by atoms with E-state index >= 15 is 0 Å². The maximum absolute atomic E-state index is 12.6. The number of carbonyl (C=O) groups excluding carboxylic acids is 2. The van der Waals surface area contributed by atoms with E-state index in [1.54, 1.807) is 43.2 Å². The van der Waals surface area contributed by atoms with Crippen molar-refractivity contribution in [2.24, 2.45) is 0 Å². The predicted octanol–water partition coefficient (Wildman–Crippen LogP) is 4.47. The Morgan fingerprint density at radius 1 is 1.09 bits per heavy atom. The molecule has 0 aliphatic rings. The van der Waals surface area contributed by atoms with E-state index in [1.807, 2.05) is 41.5 Å². The van der Waals surface area contributed by atoms with Gasteiger partial charge in [0, 0.05) is 18.2 Å². The molecule has 0 saturated heterocycles. The third-order valence-electron chi connectivity index (χ3n) is 5.16. The van der Waals surface area contributed by atoms with Crippen LogP contribution < -0.4 is 9.47 Å². The van der Waals surface area contributed by atoms with Crippen molar-refractivity contribution in [2.45, 2.75) is 73.3 Å². The smallest absolute Gasteiger partial charge is 0.331 e. The molecule has 0 fully saturated rings. The molecular weight excluding hydrogens is 424 g/mol. The van der Waals surface area contributed by atoms with E-state index in [1.165, 1.54) is 6.08 Å². The van der Waals surface area contributed by atoms with Crippen LogP contribution in [-0.4, -0.2) is 47.2 Å². The Labute approximate surface area is 195 Å². The maximum atomic E-state index is 12.6. The van der Waals surface area contributed by atoms with Crippen molar-refractivity contribution in [1.29, 1.82) is 0 Å². The first-order chi connectivity index (χ1) is 15.5. The van der Waals surface area contributed by atoms with Crippen molar-refractivity contribution in [3.63, 3.8) is 0 Å². The van der Waals surface area contributed by atoms with Crippen LogP contribution in [0.4, 0.5) is 0 Å². The van der Waals surface area contributed by atoms with E-state index in [-0.39, 0.29) is 18.0 Å². The molecule has 1 amide bonds. The largest absolute Gasteiger partial charge is 0.493 e. The molecule has 0 N–H and O–H groups in total. The van der Waals surface area contributed by atoms with Gasteiger partial charge >= 0.3 is 5.97 Å². The minimum absolute atomic E-state index is 0.0139. The molecule has 8 heteroatoms. The molecule has 8 nitrogen and oxygen atoms in total. The van der Waals surface area contributed by atoms with Gasteiger partial charge < -0.3 is 23.6 Å². The summed E-state index contributed by atoms with van der Waals surface area (Å²) in [4.78, 5) is 26.6. The summed E-state index contributed by atoms with van der Waals surface area (Å²) in [6, 6.07) is 5.33. The monoisotopic (exact) mass is 458 g/mol. The summed E-state index contributed by atoms with van der Waals surface area (Å²) in [6.45, 7) is 13.3. The average Bonchev–Trinajstić information content (AvgIpc) is 3.07. The number of benzene rings is 1.